The number of ether oxygens (including phenoxy) is 1. The van der Waals surface area contributed by atoms with Crippen LogP contribution in [0.4, 0.5) is 5.82 Å². The summed E-state index contributed by atoms with van der Waals surface area (Å²) in [4.78, 5) is 13.3. The van der Waals surface area contributed by atoms with Gasteiger partial charge in [0.15, 0.2) is 0 Å². The molecule has 0 bridgehead atoms. The lowest BCUT2D eigenvalue weighted by Crippen LogP contribution is -2.54. The van der Waals surface area contributed by atoms with E-state index in [0.29, 0.717) is 12.1 Å². The summed E-state index contributed by atoms with van der Waals surface area (Å²) >= 11 is 0. The van der Waals surface area contributed by atoms with Gasteiger partial charge < -0.3 is 15.0 Å². The van der Waals surface area contributed by atoms with Gasteiger partial charge in [-0.2, -0.15) is 0 Å². The van der Waals surface area contributed by atoms with Crippen molar-refractivity contribution in [3.05, 3.63) is 18.6 Å². The summed E-state index contributed by atoms with van der Waals surface area (Å²) in [5, 5.41) is 3.45. The number of nitrogens with zero attached hydrogens (tertiary/aromatic N) is 4. The van der Waals surface area contributed by atoms with E-state index >= 15 is 0 Å². The van der Waals surface area contributed by atoms with Crippen LogP contribution in [0.3, 0.4) is 0 Å². The molecular formula is C13H21N5O. The minimum Gasteiger partial charge on any atom is -0.378 e. The van der Waals surface area contributed by atoms with Crippen LogP contribution in [0.25, 0.3) is 0 Å². The predicted molar refractivity (Wildman–Crippen MR) is 73.1 cm³/mol. The molecule has 6 heteroatoms. The number of hydrogen-bond donors (Lipinski definition) is 1. The average molecular weight is 263 g/mol. The summed E-state index contributed by atoms with van der Waals surface area (Å²) in [6.45, 7) is 6.05. The molecule has 104 valence electrons. The molecule has 3 rings (SSSR count). The lowest BCUT2D eigenvalue weighted by Gasteiger charge is -2.38. The van der Waals surface area contributed by atoms with E-state index in [2.05, 4.69) is 32.1 Å². The van der Waals surface area contributed by atoms with Gasteiger partial charge in [-0.05, 0) is 7.05 Å². The standard InChI is InChI=1S/C13H21N5O/c1-17-4-6-18(7-5-17)12-10-19-9-11(12)16-13-8-14-2-3-15-13/h2-3,8,11-12H,4-7,9-10H2,1H3,(H,15,16)/t11-,12-/m0/s1. The normalized spacial score (nSPS) is 29.5. The second kappa shape index (κ2) is 5.81. The second-order valence-electron chi connectivity index (χ2n) is 5.29. The average Bonchev–Trinajstić information content (AvgIpc) is 2.89. The molecule has 6 nitrogen and oxygen atoms in total. The minimum atomic E-state index is 0.306. The van der Waals surface area contributed by atoms with Crippen molar-refractivity contribution in [1.29, 1.82) is 0 Å². The van der Waals surface area contributed by atoms with Crippen LogP contribution in [0.5, 0.6) is 0 Å². The maximum atomic E-state index is 5.66. The lowest BCUT2D eigenvalue weighted by molar-refractivity contribution is 0.0948. The van der Waals surface area contributed by atoms with Gasteiger partial charge in [0, 0.05) is 38.6 Å². The molecule has 2 saturated heterocycles. The Morgan fingerprint density at radius 3 is 2.79 bits per heavy atom. The van der Waals surface area contributed by atoms with E-state index in [4.69, 9.17) is 4.74 Å². The number of hydrogen-bond acceptors (Lipinski definition) is 6. The van der Waals surface area contributed by atoms with Gasteiger partial charge in [-0.3, -0.25) is 9.88 Å². The van der Waals surface area contributed by atoms with Crippen molar-refractivity contribution in [3.8, 4) is 0 Å². The second-order valence-corrected chi connectivity index (χ2v) is 5.29. The first kappa shape index (κ1) is 12.8. The molecule has 0 aromatic carbocycles. The summed E-state index contributed by atoms with van der Waals surface area (Å²) in [6, 6.07) is 0.746. The number of piperazine rings is 1. The molecule has 0 saturated carbocycles. The first-order valence-corrected chi connectivity index (χ1v) is 6.86. The van der Waals surface area contributed by atoms with Crippen LogP contribution >= 0.6 is 0 Å². The van der Waals surface area contributed by atoms with Gasteiger partial charge in [-0.15, -0.1) is 0 Å². The molecule has 2 aliphatic rings. The van der Waals surface area contributed by atoms with Crippen molar-refractivity contribution in [3.63, 3.8) is 0 Å². The van der Waals surface area contributed by atoms with Gasteiger partial charge in [0.2, 0.25) is 0 Å². The number of likely N-dealkylation sites (N-methyl/N-ethyl adjacent to an activating group) is 1. The SMILES string of the molecule is CN1CCN([C@H]2COC[C@@H]2Nc2cnccn2)CC1. The Kier molecular flexibility index (Phi) is 3.91. The van der Waals surface area contributed by atoms with E-state index < -0.39 is 0 Å². The van der Waals surface area contributed by atoms with Crippen LogP contribution in [0, 0.1) is 0 Å². The molecule has 1 N–H and O–H groups in total. The molecule has 2 aliphatic heterocycles. The number of anilines is 1. The fourth-order valence-electron chi connectivity index (χ4n) is 2.76. The summed E-state index contributed by atoms with van der Waals surface area (Å²) in [5.74, 6) is 0.831. The van der Waals surface area contributed by atoms with Crippen LogP contribution in [0.1, 0.15) is 0 Å². The molecule has 19 heavy (non-hydrogen) atoms. The molecule has 0 aliphatic carbocycles. The van der Waals surface area contributed by atoms with Crippen molar-refractivity contribution >= 4 is 5.82 Å². The van der Waals surface area contributed by atoms with E-state index in [0.717, 1.165) is 45.2 Å². The quantitative estimate of drug-likeness (QED) is 0.822. The fourth-order valence-corrected chi connectivity index (χ4v) is 2.76. The first-order chi connectivity index (χ1) is 9.33. The highest BCUT2D eigenvalue weighted by Crippen LogP contribution is 2.18. The van der Waals surface area contributed by atoms with Crippen molar-refractivity contribution < 1.29 is 4.74 Å². The summed E-state index contributed by atoms with van der Waals surface area (Å²) < 4.78 is 5.66. The Bertz CT molecular complexity index is 393. The molecule has 2 fully saturated rings. The van der Waals surface area contributed by atoms with Crippen LogP contribution in [0.2, 0.25) is 0 Å². The maximum Gasteiger partial charge on any atom is 0.144 e. The van der Waals surface area contributed by atoms with E-state index in [1.807, 2.05) is 0 Å². The van der Waals surface area contributed by atoms with Gasteiger partial charge in [-0.25, -0.2) is 4.98 Å². The number of nitrogens with one attached hydrogen (secondary N) is 1. The molecule has 1 aromatic rings. The summed E-state index contributed by atoms with van der Waals surface area (Å²) in [6.07, 6.45) is 5.16. The third-order valence-electron chi connectivity index (χ3n) is 3.95. The van der Waals surface area contributed by atoms with E-state index in [1.165, 1.54) is 0 Å². The number of rotatable bonds is 3. The van der Waals surface area contributed by atoms with Crippen molar-refractivity contribution in [2.24, 2.45) is 0 Å². The van der Waals surface area contributed by atoms with Gasteiger partial charge in [0.05, 0.1) is 31.5 Å². The van der Waals surface area contributed by atoms with E-state index in [1.54, 1.807) is 18.6 Å². The Morgan fingerprint density at radius 1 is 1.21 bits per heavy atom. The molecular weight excluding hydrogens is 242 g/mol. The smallest absolute Gasteiger partial charge is 0.144 e. The topological polar surface area (TPSA) is 53.5 Å². The maximum absolute atomic E-state index is 5.66. The Labute approximate surface area is 113 Å². The minimum absolute atomic E-state index is 0.306. The fraction of sp³-hybridized carbons (Fsp3) is 0.692. The van der Waals surface area contributed by atoms with Crippen molar-refractivity contribution in [1.82, 2.24) is 19.8 Å². The van der Waals surface area contributed by atoms with Crippen LogP contribution < -0.4 is 5.32 Å². The zero-order valence-corrected chi connectivity index (χ0v) is 11.3. The van der Waals surface area contributed by atoms with Crippen LogP contribution in [-0.2, 0) is 4.74 Å². The predicted octanol–water partition coefficient (Wildman–Crippen LogP) is -0.0967. The Hall–Kier alpha value is -1.24. The highest BCUT2D eigenvalue weighted by Gasteiger charge is 2.34. The monoisotopic (exact) mass is 263 g/mol. The van der Waals surface area contributed by atoms with Crippen molar-refractivity contribution in [2.45, 2.75) is 12.1 Å². The molecule has 0 radical (unpaired) electrons. The van der Waals surface area contributed by atoms with Gasteiger partial charge in [0.25, 0.3) is 0 Å². The Morgan fingerprint density at radius 2 is 2.05 bits per heavy atom. The first-order valence-electron chi connectivity index (χ1n) is 6.86. The summed E-state index contributed by atoms with van der Waals surface area (Å²) in [5.41, 5.74) is 0. The third-order valence-corrected chi connectivity index (χ3v) is 3.95. The zero-order valence-electron chi connectivity index (χ0n) is 11.3. The largest absolute Gasteiger partial charge is 0.378 e. The molecule has 1 aromatic heterocycles. The lowest BCUT2D eigenvalue weighted by atomic mass is 10.1. The Balaban J connectivity index is 1.61. The van der Waals surface area contributed by atoms with Crippen LogP contribution in [0.15, 0.2) is 18.6 Å². The third kappa shape index (κ3) is 3.02. The van der Waals surface area contributed by atoms with Gasteiger partial charge in [0.1, 0.15) is 5.82 Å². The van der Waals surface area contributed by atoms with E-state index in [9.17, 15) is 0 Å². The molecule has 0 spiro atoms. The van der Waals surface area contributed by atoms with Gasteiger partial charge >= 0.3 is 0 Å². The molecule has 0 unspecified atom stereocenters. The highest BCUT2D eigenvalue weighted by atomic mass is 16.5. The summed E-state index contributed by atoms with van der Waals surface area (Å²) in [7, 11) is 2.18. The molecule has 0 amide bonds. The highest BCUT2D eigenvalue weighted by molar-refractivity contribution is 5.32. The van der Waals surface area contributed by atoms with Gasteiger partial charge in [-0.1, -0.05) is 0 Å². The van der Waals surface area contributed by atoms with Crippen LogP contribution in [-0.4, -0.2) is 78.3 Å². The molecule has 3 heterocycles. The molecule has 2 atom stereocenters. The van der Waals surface area contributed by atoms with E-state index in [-0.39, 0.29) is 0 Å². The van der Waals surface area contributed by atoms with Crippen molar-refractivity contribution in [2.75, 3.05) is 51.8 Å². The number of aromatic nitrogens is 2. The zero-order chi connectivity index (χ0) is 13.1.